The van der Waals surface area contributed by atoms with Gasteiger partial charge in [0.1, 0.15) is 0 Å². The number of aromatic nitrogens is 2. The highest BCUT2D eigenvalue weighted by molar-refractivity contribution is 5.98. The molecule has 0 atom stereocenters. The zero-order valence-corrected chi connectivity index (χ0v) is 9.14. The van der Waals surface area contributed by atoms with Crippen LogP contribution in [-0.2, 0) is 4.79 Å². The van der Waals surface area contributed by atoms with E-state index >= 15 is 0 Å². The van der Waals surface area contributed by atoms with E-state index in [1.165, 1.54) is 0 Å². The van der Waals surface area contributed by atoms with E-state index in [2.05, 4.69) is 9.97 Å². The van der Waals surface area contributed by atoms with Gasteiger partial charge in [0, 0.05) is 18.4 Å². The van der Waals surface area contributed by atoms with E-state index < -0.39 is 5.97 Å². The summed E-state index contributed by atoms with van der Waals surface area (Å²) in [5.74, 6) is -0.912. The van der Waals surface area contributed by atoms with Crippen molar-refractivity contribution in [2.75, 3.05) is 0 Å². The maximum Gasteiger partial charge on any atom is 0.303 e. The van der Waals surface area contributed by atoms with Crippen molar-refractivity contribution in [3.05, 3.63) is 30.1 Å². The summed E-state index contributed by atoms with van der Waals surface area (Å²) < 4.78 is 0. The van der Waals surface area contributed by atoms with Crippen LogP contribution in [0.25, 0.3) is 11.0 Å². The highest BCUT2D eigenvalue weighted by atomic mass is 16.4. The number of nitrogens with one attached hydrogen (secondary N) is 1. The number of benzene rings is 1. The van der Waals surface area contributed by atoms with Crippen LogP contribution in [0.4, 0.5) is 0 Å². The minimum atomic E-state index is -0.873. The van der Waals surface area contributed by atoms with E-state index in [0.717, 1.165) is 11.0 Å². The Morgan fingerprint density at radius 1 is 1.29 bits per heavy atom. The molecular formula is C12H12N2O3. The highest BCUT2D eigenvalue weighted by Crippen LogP contribution is 2.14. The number of imidazole rings is 1. The Morgan fingerprint density at radius 2 is 2.12 bits per heavy atom. The molecule has 17 heavy (non-hydrogen) atoms. The van der Waals surface area contributed by atoms with Crippen molar-refractivity contribution in [3.8, 4) is 0 Å². The number of nitrogens with zero attached hydrogens (tertiary/aromatic N) is 1. The third-order valence-electron chi connectivity index (χ3n) is 2.54. The standard InChI is InChI=1S/C12H12N2O3/c15-11(2-1-3-12(16)17)8-4-5-9-10(6-8)14-7-13-9/h4-7H,1-3H2,(H,13,14)(H,16,17). The van der Waals surface area contributed by atoms with Gasteiger partial charge in [-0.25, -0.2) is 4.98 Å². The SMILES string of the molecule is O=C(O)CCCC(=O)c1ccc2nc[nH]c2c1. The van der Waals surface area contributed by atoms with Crippen LogP contribution in [0.3, 0.4) is 0 Å². The molecular weight excluding hydrogens is 220 g/mol. The molecule has 0 radical (unpaired) electrons. The fourth-order valence-electron chi connectivity index (χ4n) is 1.65. The van der Waals surface area contributed by atoms with Crippen LogP contribution in [0.5, 0.6) is 0 Å². The second-order valence-corrected chi connectivity index (χ2v) is 3.80. The van der Waals surface area contributed by atoms with Gasteiger partial charge in [-0.05, 0) is 24.6 Å². The van der Waals surface area contributed by atoms with Crippen LogP contribution in [0.1, 0.15) is 29.6 Å². The summed E-state index contributed by atoms with van der Waals surface area (Å²) in [6, 6.07) is 5.23. The molecule has 0 fully saturated rings. The molecule has 1 aromatic carbocycles. The van der Waals surface area contributed by atoms with E-state index in [1.807, 2.05) is 0 Å². The second-order valence-electron chi connectivity index (χ2n) is 3.80. The van der Waals surface area contributed by atoms with Crippen molar-refractivity contribution >= 4 is 22.8 Å². The number of fused-ring (bicyclic) bond motifs is 1. The number of carbonyl (C=O) groups is 2. The van der Waals surface area contributed by atoms with Gasteiger partial charge in [-0.3, -0.25) is 9.59 Å². The summed E-state index contributed by atoms with van der Waals surface area (Å²) >= 11 is 0. The highest BCUT2D eigenvalue weighted by Gasteiger charge is 2.08. The molecule has 0 amide bonds. The van der Waals surface area contributed by atoms with Crippen LogP contribution in [0, 0.1) is 0 Å². The minimum Gasteiger partial charge on any atom is -0.481 e. The topological polar surface area (TPSA) is 83.0 Å². The Labute approximate surface area is 97.5 Å². The third-order valence-corrected chi connectivity index (χ3v) is 2.54. The minimum absolute atomic E-state index is 0.0258. The van der Waals surface area contributed by atoms with Gasteiger partial charge >= 0.3 is 5.97 Å². The number of Topliss-reactive ketones (excluding diaryl/α,β-unsaturated/α-hetero) is 1. The third kappa shape index (κ3) is 2.69. The first-order chi connectivity index (χ1) is 8.16. The van der Waals surface area contributed by atoms with Crippen molar-refractivity contribution in [1.29, 1.82) is 0 Å². The molecule has 1 aromatic heterocycles. The lowest BCUT2D eigenvalue weighted by Gasteiger charge is -2.00. The quantitative estimate of drug-likeness (QED) is 0.772. The number of aliphatic carboxylic acids is 1. The monoisotopic (exact) mass is 232 g/mol. The number of H-pyrrole nitrogens is 1. The molecule has 2 N–H and O–H groups in total. The lowest BCUT2D eigenvalue weighted by atomic mass is 10.1. The van der Waals surface area contributed by atoms with Gasteiger partial charge < -0.3 is 10.1 Å². The molecule has 0 saturated heterocycles. The van der Waals surface area contributed by atoms with Gasteiger partial charge in [0.2, 0.25) is 0 Å². The van der Waals surface area contributed by atoms with Crippen LogP contribution < -0.4 is 0 Å². The summed E-state index contributed by atoms with van der Waals surface area (Å²) in [7, 11) is 0. The molecule has 1 heterocycles. The Morgan fingerprint density at radius 3 is 2.88 bits per heavy atom. The fourth-order valence-corrected chi connectivity index (χ4v) is 1.65. The second kappa shape index (κ2) is 4.78. The normalized spacial score (nSPS) is 10.6. The van der Waals surface area contributed by atoms with Crippen molar-refractivity contribution in [3.63, 3.8) is 0 Å². The first-order valence-corrected chi connectivity index (χ1v) is 5.35. The number of rotatable bonds is 5. The average Bonchev–Trinajstić information content (AvgIpc) is 2.75. The van der Waals surface area contributed by atoms with Crippen LogP contribution in [-0.4, -0.2) is 26.8 Å². The summed E-state index contributed by atoms with van der Waals surface area (Å²) in [5.41, 5.74) is 2.22. The van der Waals surface area contributed by atoms with Gasteiger partial charge in [-0.1, -0.05) is 0 Å². The van der Waals surface area contributed by atoms with Gasteiger partial charge in [0.15, 0.2) is 5.78 Å². The zero-order chi connectivity index (χ0) is 12.3. The largest absolute Gasteiger partial charge is 0.481 e. The molecule has 5 nitrogen and oxygen atoms in total. The number of hydrogen-bond donors (Lipinski definition) is 2. The molecule has 0 unspecified atom stereocenters. The molecule has 0 saturated carbocycles. The molecule has 0 aliphatic rings. The van der Waals surface area contributed by atoms with Gasteiger partial charge in [-0.2, -0.15) is 0 Å². The smallest absolute Gasteiger partial charge is 0.303 e. The van der Waals surface area contributed by atoms with Crippen LogP contribution in [0.15, 0.2) is 24.5 Å². The average molecular weight is 232 g/mol. The Hall–Kier alpha value is -2.17. The molecule has 5 heteroatoms. The summed E-state index contributed by atoms with van der Waals surface area (Å²) in [4.78, 5) is 29.1. The summed E-state index contributed by atoms with van der Waals surface area (Å²) in [6.45, 7) is 0. The molecule has 0 aliphatic carbocycles. The van der Waals surface area contributed by atoms with Crippen molar-refractivity contribution in [1.82, 2.24) is 9.97 Å². The predicted molar refractivity (Wildman–Crippen MR) is 61.9 cm³/mol. The van der Waals surface area contributed by atoms with Gasteiger partial charge in [0.05, 0.1) is 17.4 Å². The molecule has 2 rings (SSSR count). The van der Waals surface area contributed by atoms with E-state index in [9.17, 15) is 9.59 Å². The van der Waals surface area contributed by atoms with E-state index in [-0.39, 0.29) is 18.6 Å². The number of carboxylic acid groups (broad SMARTS) is 1. The van der Waals surface area contributed by atoms with Crippen molar-refractivity contribution < 1.29 is 14.7 Å². The maximum absolute atomic E-state index is 11.8. The molecule has 0 aliphatic heterocycles. The first-order valence-electron chi connectivity index (χ1n) is 5.35. The Kier molecular flexibility index (Phi) is 3.18. The maximum atomic E-state index is 11.8. The Balaban J connectivity index is 2.05. The number of carbonyl (C=O) groups excluding carboxylic acids is 1. The number of hydrogen-bond acceptors (Lipinski definition) is 3. The lowest BCUT2D eigenvalue weighted by Crippen LogP contribution is -2.01. The van der Waals surface area contributed by atoms with E-state index in [4.69, 9.17) is 5.11 Å². The predicted octanol–water partition coefficient (Wildman–Crippen LogP) is 2.00. The number of carboxylic acids is 1. The Bertz CT molecular complexity index is 560. The molecule has 0 bridgehead atoms. The summed E-state index contributed by atoms with van der Waals surface area (Å²) in [6.07, 6.45) is 2.22. The molecule has 88 valence electrons. The summed E-state index contributed by atoms with van der Waals surface area (Å²) in [5, 5.41) is 8.49. The van der Waals surface area contributed by atoms with E-state index in [1.54, 1.807) is 24.5 Å². The zero-order valence-electron chi connectivity index (χ0n) is 9.14. The van der Waals surface area contributed by atoms with Gasteiger partial charge in [0.25, 0.3) is 0 Å². The van der Waals surface area contributed by atoms with Gasteiger partial charge in [-0.15, -0.1) is 0 Å². The van der Waals surface area contributed by atoms with E-state index in [0.29, 0.717) is 12.0 Å². The van der Waals surface area contributed by atoms with Crippen LogP contribution in [0.2, 0.25) is 0 Å². The van der Waals surface area contributed by atoms with Crippen molar-refractivity contribution in [2.45, 2.75) is 19.3 Å². The first kappa shape index (κ1) is 11.3. The lowest BCUT2D eigenvalue weighted by molar-refractivity contribution is -0.137. The van der Waals surface area contributed by atoms with Crippen LogP contribution >= 0.6 is 0 Å². The number of ketones is 1. The number of aromatic amines is 1. The van der Waals surface area contributed by atoms with Crippen molar-refractivity contribution in [2.24, 2.45) is 0 Å². The molecule has 0 spiro atoms. The fraction of sp³-hybridized carbons (Fsp3) is 0.250. The molecule has 2 aromatic rings.